The van der Waals surface area contributed by atoms with E-state index in [1.807, 2.05) is 47.4 Å². The number of para-hydroxylation sites is 1. The normalized spacial score (nSPS) is 19.2. The lowest BCUT2D eigenvalue weighted by molar-refractivity contribution is -0.134. The quantitative estimate of drug-likeness (QED) is 0.660. The molecule has 3 fully saturated rings. The second kappa shape index (κ2) is 11.7. The van der Waals surface area contributed by atoms with Crippen LogP contribution in [0.3, 0.4) is 0 Å². The molecule has 5 rings (SSSR count). The Hall–Kier alpha value is -3.85. The molecule has 3 aliphatic heterocycles. The van der Waals surface area contributed by atoms with Gasteiger partial charge in [0.2, 0.25) is 0 Å². The predicted molar refractivity (Wildman–Crippen MR) is 120 cm³/mol. The number of carboxylic acids is 2. The zero-order valence-electron chi connectivity index (χ0n) is 18.0. The largest absolute Gasteiger partial charge is 0.478 e. The van der Waals surface area contributed by atoms with E-state index < -0.39 is 11.9 Å². The van der Waals surface area contributed by atoms with E-state index in [1.165, 1.54) is 0 Å². The van der Waals surface area contributed by atoms with Crippen LogP contribution in [0.5, 0.6) is 17.2 Å². The number of carbonyl (C=O) groups is 3. The zero-order valence-corrected chi connectivity index (χ0v) is 18.0. The van der Waals surface area contributed by atoms with Crippen LogP contribution < -0.4 is 9.47 Å². The van der Waals surface area contributed by atoms with Gasteiger partial charge < -0.3 is 29.5 Å². The van der Waals surface area contributed by atoms with E-state index in [0.717, 1.165) is 44.8 Å². The van der Waals surface area contributed by atoms with Crippen molar-refractivity contribution >= 4 is 18.0 Å². The highest BCUT2D eigenvalue weighted by Crippen LogP contribution is 2.27. The molecule has 0 aliphatic carbocycles. The van der Waals surface area contributed by atoms with E-state index in [0.29, 0.717) is 29.7 Å². The Bertz CT molecular complexity index is 969. The number of nitrogens with zero attached hydrogens (tertiary/aromatic N) is 2. The number of rotatable bonds is 5. The van der Waals surface area contributed by atoms with Crippen molar-refractivity contribution in [2.45, 2.75) is 18.9 Å². The Morgan fingerprint density at radius 1 is 0.788 bits per heavy atom. The van der Waals surface area contributed by atoms with Gasteiger partial charge in [-0.1, -0.05) is 24.3 Å². The molecular weight excluding hydrogens is 428 g/mol. The molecule has 0 radical (unpaired) electrons. The van der Waals surface area contributed by atoms with Crippen molar-refractivity contribution in [3.63, 3.8) is 0 Å². The van der Waals surface area contributed by atoms with Crippen LogP contribution in [-0.2, 0) is 9.59 Å². The molecule has 174 valence electrons. The summed E-state index contributed by atoms with van der Waals surface area (Å²) in [5.74, 6) is -0.596. The molecule has 0 unspecified atom stereocenters. The van der Waals surface area contributed by atoms with Gasteiger partial charge in [0.15, 0.2) is 0 Å². The van der Waals surface area contributed by atoms with E-state index in [2.05, 4.69) is 4.90 Å². The first-order chi connectivity index (χ1) is 15.9. The Kier molecular flexibility index (Phi) is 8.43. The summed E-state index contributed by atoms with van der Waals surface area (Å²) in [6.07, 6.45) is 2.93. The summed E-state index contributed by atoms with van der Waals surface area (Å²) in [6, 6.07) is 17.1. The van der Waals surface area contributed by atoms with Gasteiger partial charge in [-0.3, -0.25) is 0 Å². The van der Waals surface area contributed by atoms with E-state index in [9.17, 15) is 14.4 Å². The average molecular weight is 454 g/mol. The standard InChI is InChI=1S/C20H22N2O3.C4H4O4/c23-20(22-14-13-21-11-9-16(22)10-12-21)25-19-8-4-7-18(15-19)24-17-5-2-1-3-6-17;5-3(6)1-2-4(7)8/h1-8,15-16H,9-14H2;1-2H,(H,5,6)(H,7,8)/b;2-1+. The Morgan fingerprint density at radius 2 is 1.39 bits per heavy atom. The van der Waals surface area contributed by atoms with E-state index in [4.69, 9.17) is 19.7 Å². The first kappa shape index (κ1) is 23.8. The minimum atomic E-state index is -1.26. The van der Waals surface area contributed by atoms with Crippen LogP contribution in [0.1, 0.15) is 12.8 Å². The third kappa shape index (κ3) is 7.65. The predicted octanol–water partition coefficient (Wildman–Crippen LogP) is 3.47. The molecule has 3 saturated heterocycles. The molecule has 1 amide bonds. The second-order valence-corrected chi connectivity index (χ2v) is 7.53. The van der Waals surface area contributed by atoms with Gasteiger partial charge in [0.05, 0.1) is 0 Å². The number of hydrogen-bond acceptors (Lipinski definition) is 6. The lowest BCUT2D eigenvalue weighted by Gasteiger charge is -2.30. The first-order valence-electron chi connectivity index (χ1n) is 10.6. The van der Waals surface area contributed by atoms with Gasteiger partial charge in [-0.25, -0.2) is 14.4 Å². The Labute approximate surface area is 191 Å². The maximum Gasteiger partial charge on any atom is 0.415 e. The van der Waals surface area contributed by atoms with Gasteiger partial charge in [-0.2, -0.15) is 0 Å². The molecular formula is C24H26N2O7. The fourth-order valence-electron chi connectivity index (χ4n) is 3.65. The molecule has 3 aliphatic rings. The molecule has 0 atom stereocenters. The number of hydrogen-bond donors (Lipinski definition) is 2. The van der Waals surface area contributed by atoms with Gasteiger partial charge in [0, 0.05) is 50.4 Å². The number of benzene rings is 2. The van der Waals surface area contributed by atoms with E-state index >= 15 is 0 Å². The first-order valence-corrected chi connectivity index (χ1v) is 10.6. The van der Waals surface area contributed by atoms with Crippen LogP contribution >= 0.6 is 0 Å². The summed E-state index contributed by atoms with van der Waals surface area (Å²) in [5.41, 5.74) is 0. The van der Waals surface area contributed by atoms with Gasteiger partial charge in [-0.15, -0.1) is 0 Å². The molecule has 2 aromatic carbocycles. The minimum absolute atomic E-state index is 0.259. The van der Waals surface area contributed by atoms with Crippen molar-refractivity contribution in [3.8, 4) is 17.2 Å². The maximum atomic E-state index is 12.6. The van der Waals surface area contributed by atoms with Crippen molar-refractivity contribution in [2.75, 3.05) is 26.2 Å². The molecule has 9 heteroatoms. The van der Waals surface area contributed by atoms with Gasteiger partial charge in [-0.05, 0) is 37.1 Å². The Morgan fingerprint density at radius 3 is 2.03 bits per heavy atom. The topological polar surface area (TPSA) is 117 Å². The summed E-state index contributed by atoms with van der Waals surface area (Å²) < 4.78 is 11.4. The molecule has 2 N–H and O–H groups in total. The monoisotopic (exact) mass is 454 g/mol. The lowest BCUT2D eigenvalue weighted by atomic mass is 10.1. The number of carbonyl (C=O) groups excluding carboxylic acids is 1. The fourth-order valence-corrected chi connectivity index (χ4v) is 3.65. The number of amides is 1. The van der Waals surface area contributed by atoms with Crippen molar-refractivity contribution in [3.05, 3.63) is 66.7 Å². The summed E-state index contributed by atoms with van der Waals surface area (Å²) in [4.78, 5) is 36.0. The molecule has 33 heavy (non-hydrogen) atoms. The van der Waals surface area contributed by atoms with Gasteiger partial charge in [0.25, 0.3) is 0 Å². The van der Waals surface area contributed by atoms with Crippen molar-refractivity contribution in [1.82, 2.24) is 9.80 Å². The number of ether oxygens (including phenoxy) is 2. The molecule has 0 spiro atoms. The van der Waals surface area contributed by atoms with Crippen molar-refractivity contribution in [1.29, 1.82) is 0 Å². The molecule has 2 aromatic rings. The average Bonchev–Trinajstić information content (AvgIpc) is 3.13. The molecule has 2 bridgehead atoms. The summed E-state index contributed by atoms with van der Waals surface area (Å²) >= 11 is 0. The highest BCUT2D eigenvalue weighted by atomic mass is 16.6. The van der Waals surface area contributed by atoms with Gasteiger partial charge in [0.1, 0.15) is 17.2 Å². The fraction of sp³-hybridized carbons (Fsp3) is 0.292. The summed E-state index contributed by atoms with van der Waals surface area (Å²) in [5, 5.41) is 15.6. The van der Waals surface area contributed by atoms with Crippen LogP contribution in [0.25, 0.3) is 0 Å². The van der Waals surface area contributed by atoms with E-state index in [1.54, 1.807) is 12.1 Å². The SMILES string of the molecule is O=C(O)/C=C/C(=O)O.O=C(Oc1cccc(Oc2ccccc2)c1)N1CCN2CCC1CC2. The van der Waals surface area contributed by atoms with Gasteiger partial charge >= 0.3 is 18.0 Å². The number of piperidine rings is 1. The van der Waals surface area contributed by atoms with Crippen LogP contribution in [0.4, 0.5) is 4.79 Å². The molecule has 0 aromatic heterocycles. The molecule has 9 nitrogen and oxygen atoms in total. The summed E-state index contributed by atoms with van der Waals surface area (Å²) in [6.45, 7) is 3.83. The second-order valence-electron chi connectivity index (χ2n) is 7.53. The third-order valence-corrected chi connectivity index (χ3v) is 5.25. The molecule has 0 saturated carbocycles. The number of fused-ring (bicyclic) bond motifs is 4. The highest BCUT2D eigenvalue weighted by molar-refractivity contribution is 5.89. The highest BCUT2D eigenvalue weighted by Gasteiger charge is 2.32. The third-order valence-electron chi connectivity index (χ3n) is 5.25. The van der Waals surface area contributed by atoms with E-state index in [-0.39, 0.29) is 6.09 Å². The summed E-state index contributed by atoms with van der Waals surface area (Å²) in [7, 11) is 0. The minimum Gasteiger partial charge on any atom is -0.478 e. The van der Waals surface area contributed by atoms with Crippen LogP contribution in [0, 0.1) is 0 Å². The lowest BCUT2D eigenvalue weighted by Crippen LogP contribution is -2.43. The van der Waals surface area contributed by atoms with Crippen molar-refractivity contribution < 1.29 is 34.1 Å². The number of carboxylic acid groups (broad SMARTS) is 2. The van der Waals surface area contributed by atoms with Crippen LogP contribution in [0.2, 0.25) is 0 Å². The maximum absolute atomic E-state index is 12.6. The Balaban J connectivity index is 0.000000331. The zero-order chi connectivity index (χ0) is 23.6. The number of aliphatic carboxylic acids is 2. The van der Waals surface area contributed by atoms with Crippen LogP contribution in [-0.4, -0.2) is 70.3 Å². The molecule has 3 heterocycles. The smallest absolute Gasteiger partial charge is 0.415 e. The van der Waals surface area contributed by atoms with Crippen LogP contribution in [0.15, 0.2) is 66.7 Å². The van der Waals surface area contributed by atoms with Crippen molar-refractivity contribution in [2.24, 2.45) is 0 Å².